The van der Waals surface area contributed by atoms with Gasteiger partial charge >= 0.3 is 12.0 Å². The average Bonchev–Trinajstić information content (AvgIpc) is 2.73. The zero-order valence-electron chi connectivity index (χ0n) is 17.9. The largest absolute Gasteiger partial charge is 0.489 e. The molecule has 2 amide bonds. The van der Waals surface area contributed by atoms with Gasteiger partial charge in [0, 0.05) is 11.3 Å². The first-order valence-corrected chi connectivity index (χ1v) is 10.4. The Balaban J connectivity index is 1.83. The minimum atomic E-state index is -0.637. The second-order valence-electron chi connectivity index (χ2n) is 7.58. The van der Waals surface area contributed by atoms with E-state index in [0.717, 1.165) is 12.0 Å². The van der Waals surface area contributed by atoms with Crippen LogP contribution in [0.25, 0.3) is 0 Å². The highest BCUT2D eigenvalue weighted by Gasteiger charge is 2.33. The number of carbonyl (C=O) groups is 2. The molecule has 164 valence electrons. The fourth-order valence-corrected chi connectivity index (χ4v) is 3.37. The molecule has 1 unspecified atom stereocenters. The van der Waals surface area contributed by atoms with Gasteiger partial charge in [0.1, 0.15) is 18.2 Å². The highest BCUT2D eigenvalue weighted by atomic mass is 19.1. The molecule has 0 bridgehead atoms. The third-order valence-electron chi connectivity index (χ3n) is 4.78. The predicted molar refractivity (Wildman–Crippen MR) is 115 cm³/mol. The van der Waals surface area contributed by atoms with Crippen LogP contribution in [-0.4, -0.2) is 18.1 Å². The van der Waals surface area contributed by atoms with Crippen LogP contribution in [0.1, 0.15) is 50.8 Å². The molecule has 31 heavy (non-hydrogen) atoms. The molecule has 6 nitrogen and oxygen atoms in total. The van der Waals surface area contributed by atoms with Crippen molar-refractivity contribution < 1.29 is 23.5 Å². The molecule has 0 spiro atoms. The fourth-order valence-electron chi connectivity index (χ4n) is 3.37. The quantitative estimate of drug-likeness (QED) is 0.597. The van der Waals surface area contributed by atoms with E-state index in [-0.39, 0.29) is 24.6 Å². The second-order valence-corrected chi connectivity index (χ2v) is 7.58. The molecule has 0 radical (unpaired) electrons. The summed E-state index contributed by atoms with van der Waals surface area (Å²) in [5.41, 5.74) is 2.15. The predicted octanol–water partition coefficient (Wildman–Crippen LogP) is 4.76. The minimum Gasteiger partial charge on any atom is -0.489 e. The van der Waals surface area contributed by atoms with Crippen molar-refractivity contribution in [2.75, 3.05) is 0 Å². The van der Waals surface area contributed by atoms with Crippen LogP contribution in [0.15, 0.2) is 59.8 Å². The van der Waals surface area contributed by atoms with Gasteiger partial charge in [-0.05, 0) is 44.0 Å². The van der Waals surface area contributed by atoms with Gasteiger partial charge < -0.3 is 20.1 Å². The van der Waals surface area contributed by atoms with Crippen molar-refractivity contribution in [3.05, 3.63) is 76.7 Å². The maximum absolute atomic E-state index is 13.8. The van der Waals surface area contributed by atoms with Crippen molar-refractivity contribution >= 4 is 12.0 Å². The summed E-state index contributed by atoms with van der Waals surface area (Å²) in [4.78, 5) is 25.0. The average molecular weight is 426 g/mol. The summed E-state index contributed by atoms with van der Waals surface area (Å²) < 4.78 is 24.9. The lowest BCUT2D eigenvalue weighted by molar-refractivity contribution is -0.143. The number of carbonyl (C=O) groups excluding carboxylic acids is 2. The number of amides is 2. The van der Waals surface area contributed by atoms with E-state index in [4.69, 9.17) is 9.47 Å². The number of rotatable bonds is 8. The van der Waals surface area contributed by atoms with E-state index in [1.54, 1.807) is 56.3 Å². The molecule has 1 atom stereocenters. The Morgan fingerprint density at radius 2 is 1.84 bits per heavy atom. The van der Waals surface area contributed by atoms with Crippen molar-refractivity contribution in [2.24, 2.45) is 0 Å². The third-order valence-corrected chi connectivity index (χ3v) is 4.78. The second kappa shape index (κ2) is 10.1. The van der Waals surface area contributed by atoms with Crippen molar-refractivity contribution in [3.8, 4) is 5.75 Å². The van der Waals surface area contributed by atoms with Crippen LogP contribution in [0.5, 0.6) is 5.75 Å². The Labute approximate surface area is 181 Å². The molecule has 3 rings (SSSR count). The highest BCUT2D eigenvalue weighted by molar-refractivity contribution is 5.95. The Kier molecular flexibility index (Phi) is 7.28. The van der Waals surface area contributed by atoms with Gasteiger partial charge in [0.05, 0.1) is 17.7 Å². The number of esters is 1. The number of ether oxygens (including phenoxy) is 2. The molecule has 1 aliphatic rings. The molecule has 0 saturated carbocycles. The molecule has 0 saturated heterocycles. The van der Waals surface area contributed by atoms with Gasteiger partial charge in [0.25, 0.3) is 0 Å². The van der Waals surface area contributed by atoms with Crippen LogP contribution in [-0.2, 0) is 16.1 Å². The Morgan fingerprint density at radius 1 is 1.13 bits per heavy atom. The van der Waals surface area contributed by atoms with Crippen LogP contribution >= 0.6 is 0 Å². The van der Waals surface area contributed by atoms with Crippen molar-refractivity contribution in [3.63, 3.8) is 0 Å². The van der Waals surface area contributed by atoms with E-state index in [0.29, 0.717) is 29.0 Å². The number of benzene rings is 2. The molecule has 2 aromatic carbocycles. The van der Waals surface area contributed by atoms with Crippen molar-refractivity contribution in [1.29, 1.82) is 0 Å². The molecule has 0 aromatic heterocycles. The number of halogens is 1. The summed E-state index contributed by atoms with van der Waals surface area (Å²) in [6.07, 6.45) is 1.04. The van der Waals surface area contributed by atoms with E-state index < -0.39 is 12.0 Å². The van der Waals surface area contributed by atoms with E-state index >= 15 is 0 Å². The maximum Gasteiger partial charge on any atom is 0.338 e. The van der Waals surface area contributed by atoms with Crippen LogP contribution in [0, 0.1) is 5.82 Å². The number of urea groups is 1. The minimum absolute atomic E-state index is 0.0998. The normalized spacial score (nSPS) is 16.0. The van der Waals surface area contributed by atoms with Gasteiger partial charge in [-0.2, -0.15) is 0 Å². The first kappa shape index (κ1) is 22.3. The van der Waals surface area contributed by atoms with E-state index in [1.807, 2.05) is 6.92 Å². The summed E-state index contributed by atoms with van der Waals surface area (Å²) in [5, 5.41) is 5.56. The fraction of sp³-hybridized carbons (Fsp3) is 0.333. The van der Waals surface area contributed by atoms with Gasteiger partial charge in [0.15, 0.2) is 0 Å². The van der Waals surface area contributed by atoms with Crippen molar-refractivity contribution in [1.82, 2.24) is 10.6 Å². The highest BCUT2D eigenvalue weighted by Crippen LogP contribution is 2.31. The van der Waals surface area contributed by atoms with E-state index in [2.05, 4.69) is 10.6 Å². The molecular weight excluding hydrogens is 399 g/mol. The van der Waals surface area contributed by atoms with Crippen LogP contribution in [0.2, 0.25) is 0 Å². The number of nitrogens with one attached hydrogen (secondary N) is 2. The first-order valence-electron chi connectivity index (χ1n) is 10.4. The lowest BCUT2D eigenvalue weighted by atomic mass is 9.93. The van der Waals surface area contributed by atoms with Gasteiger partial charge in [-0.25, -0.2) is 14.0 Å². The lowest BCUT2D eigenvalue weighted by Gasteiger charge is -2.30. The first-order chi connectivity index (χ1) is 14.9. The zero-order valence-corrected chi connectivity index (χ0v) is 17.9. The molecule has 2 N–H and O–H groups in total. The summed E-state index contributed by atoms with van der Waals surface area (Å²) in [6, 6.07) is 12.5. The molecule has 2 aromatic rings. The van der Waals surface area contributed by atoms with Crippen LogP contribution < -0.4 is 15.4 Å². The zero-order chi connectivity index (χ0) is 22.4. The molecule has 0 fully saturated rings. The smallest absolute Gasteiger partial charge is 0.338 e. The monoisotopic (exact) mass is 426 g/mol. The Bertz CT molecular complexity index is 970. The van der Waals surface area contributed by atoms with Crippen LogP contribution in [0.4, 0.5) is 9.18 Å². The van der Waals surface area contributed by atoms with E-state index in [9.17, 15) is 14.0 Å². The summed E-state index contributed by atoms with van der Waals surface area (Å²) in [5.74, 6) is -0.231. The molecule has 0 aliphatic carbocycles. The molecule has 7 heteroatoms. The molecular formula is C24H27FN2O4. The number of hydrogen-bond donors (Lipinski definition) is 2. The topological polar surface area (TPSA) is 76.7 Å². The molecule has 1 aliphatic heterocycles. The SMILES string of the molecule is CCCC1=C(C(=O)OC(C)C)C(c2ccc(OCc3ccccc3F)cc2)NC(=O)N1. The summed E-state index contributed by atoms with van der Waals surface area (Å²) >= 11 is 0. The lowest BCUT2D eigenvalue weighted by Crippen LogP contribution is -2.46. The Hall–Kier alpha value is -3.35. The van der Waals surface area contributed by atoms with Gasteiger partial charge in [-0.1, -0.05) is 43.7 Å². The van der Waals surface area contributed by atoms with E-state index in [1.165, 1.54) is 6.07 Å². The molecule has 1 heterocycles. The maximum atomic E-state index is 13.8. The summed E-state index contributed by atoms with van der Waals surface area (Å²) in [6.45, 7) is 5.64. The standard InChI is InChI=1S/C24H27FN2O4/c1-4-7-20-21(23(28)31-15(2)3)22(27-24(29)26-20)16-10-12-18(13-11-16)30-14-17-8-5-6-9-19(17)25/h5-6,8-13,15,22H,4,7,14H2,1-3H3,(H2,26,27,29). The van der Waals surface area contributed by atoms with Crippen molar-refractivity contribution in [2.45, 2.75) is 52.4 Å². The van der Waals surface area contributed by atoms with Gasteiger partial charge in [0.2, 0.25) is 0 Å². The number of hydrogen-bond acceptors (Lipinski definition) is 4. The summed E-state index contributed by atoms with van der Waals surface area (Å²) in [7, 11) is 0. The van der Waals surface area contributed by atoms with Gasteiger partial charge in [-0.15, -0.1) is 0 Å². The Morgan fingerprint density at radius 3 is 2.48 bits per heavy atom. The number of allylic oxidation sites excluding steroid dienone is 1. The third kappa shape index (κ3) is 5.63. The van der Waals surface area contributed by atoms with Gasteiger partial charge in [-0.3, -0.25) is 0 Å². The van der Waals surface area contributed by atoms with Crippen LogP contribution in [0.3, 0.4) is 0 Å².